The van der Waals surface area contributed by atoms with Crippen LogP contribution < -0.4 is 15.6 Å². The topological polar surface area (TPSA) is 73.2 Å². The molecule has 3 rings (SSSR count). The number of hydrogen-bond donors (Lipinski definition) is 1. The fourth-order valence-corrected chi connectivity index (χ4v) is 3.20. The van der Waals surface area contributed by atoms with Gasteiger partial charge in [0.15, 0.2) is 5.13 Å². The predicted octanol–water partition coefficient (Wildman–Crippen LogP) is 3.67. The number of anilines is 1. The van der Waals surface area contributed by atoms with Crippen LogP contribution in [0.15, 0.2) is 47.4 Å². The molecule has 0 fully saturated rings. The molecule has 1 amide bonds. The molecule has 2 heterocycles. The molecular weight excluding hydrogens is 376 g/mol. The number of nitrogens with one attached hydrogen (secondary N) is 1. The smallest absolute Gasteiger partial charge is 0.387 e. The van der Waals surface area contributed by atoms with Gasteiger partial charge in [-0.1, -0.05) is 0 Å². The van der Waals surface area contributed by atoms with Crippen LogP contribution in [-0.4, -0.2) is 22.1 Å². The Kier molecular flexibility index (Phi) is 5.31. The van der Waals surface area contributed by atoms with Crippen LogP contribution >= 0.6 is 11.3 Å². The van der Waals surface area contributed by atoms with Gasteiger partial charge in [0.05, 0.1) is 5.69 Å². The SMILES string of the molecule is Cc1sc(NC(=O)c2ccn(C)c(=O)c2)nc1-c1ccc(OC(F)F)cc1. The van der Waals surface area contributed by atoms with Gasteiger partial charge >= 0.3 is 6.61 Å². The van der Waals surface area contributed by atoms with Crippen LogP contribution in [0, 0.1) is 6.92 Å². The fraction of sp³-hybridized carbons (Fsp3) is 0.167. The molecule has 0 aliphatic heterocycles. The second-order valence-electron chi connectivity index (χ2n) is 5.65. The number of aromatic nitrogens is 2. The van der Waals surface area contributed by atoms with Crippen LogP contribution in [0.25, 0.3) is 11.3 Å². The van der Waals surface area contributed by atoms with Crippen molar-refractivity contribution in [1.29, 1.82) is 0 Å². The molecule has 0 aliphatic carbocycles. The third-order valence-electron chi connectivity index (χ3n) is 3.74. The summed E-state index contributed by atoms with van der Waals surface area (Å²) in [5.74, 6) is -0.380. The van der Waals surface area contributed by atoms with Gasteiger partial charge in [0, 0.05) is 35.3 Å². The quantitative estimate of drug-likeness (QED) is 0.720. The second-order valence-corrected chi connectivity index (χ2v) is 6.85. The van der Waals surface area contributed by atoms with Crippen molar-refractivity contribution in [3.63, 3.8) is 0 Å². The number of pyridine rings is 1. The number of alkyl halides is 2. The maximum Gasteiger partial charge on any atom is 0.387 e. The summed E-state index contributed by atoms with van der Waals surface area (Å²) in [6.07, 6.45) is 1.51. The van der Waals surface area contributed by atoms with E-state index >= 15 is 0 Å². The Morgan fingerprint density at radius 2 is 1.96 bits per heavy atom. The molecule has 140 valence electrons. The Morgan fingerprint density at radius 1 is 1.26 bits per heavy atom. The first-order valence-electron chi connectivity index (χ1n) is 7.84. The van der Waals surface area contributed by atoms with Crippen LogP contribution in [0.3, 0.4) is 0 Å². The maximum absolute atomic E-state index is 12.3. The highest BCUT2D eigenvalue weighted by Crippen LogP contribution is 2.31. The molecule has 0 bridgehead atoms. The van der Waals surface area contributed by atoms with Gasteiger partial charge in [0.25, 0.3) is 11.5 Å². The third kappa shape index (κ3) is 4.37. The number of nitrogens with zero attached hydrogens (tertiary/aromatic N) is 2. The lowest BCUT2D eigenvalue weighted by molar-refractivity contribution is -0.0498. The highest BCUT2D eigenvalue weighted by atomic mass is 32.1. The molecule has 0 aliphatic rings. The minimum atomic E-state index is -2.88. The standard InChI is InChI=1S/C18H15F2N3O3S/c1-10-15(11-3-5-13(6-4-11)26-17(19)20)21-18(27-10)22-16(25)12-7-8-23(2)14(24)9-12/h3-9,17H,1-2H3,(H,21,22,25). The number of hydrogen-bond acceptors (Lipinski definition) is 5. The lowest BCUT2D eigenvalue weighted by Gasteiger charge is -2.05. The highest BCUT2D eigenvalue weighted by molar-refractivity contribution is 7.16. The normalized spacial score (nSPS) is 10.9. The monoisotopic (exact) mass is 391 g/mol. The number of carbonyl (C=O) groups is 1. The molecule has 0 saturated heterocycles. The third-order valence-corrected chi connectivity index (χ3v) is 4.62. The van der Waals surface area contributed by atoms with Gasteiger partial charge in [0.1, 0.15) is 5.75 Å². The van der Waals surface area contributed by atoms with Gasteiger partial charge in [-0.15, -0.1) is 11.3 Å². The Bertz CT molecular complexity index is 1030. The predicted molar refractivity (Wildman–Crippen MR) is 98.6 cm³/mol. The number of rotatable bonds is 5. The van der Waals surface area contributed by atoms with Gasteiger partial charge in [0.2, 0.25) is 0 Å². The zero-order valence-corrected chi connectivity index (χ0v) is 15.2. The fourth-order valence-electron chi connectivity index (χ4n) is 2.37. The van der Waals surface area contributed by atoms with Crippen LogP contribution in [0.5, 0.6) is 5.75 Å². The van der Waals surface area contributed by atoms with Gasteiger partial charge < -0.3 is 9.30 Å². The first kappa shape index (κ1) is 18.7. The van der Waals surface area contributed by atoms with Crippen molar-refractivity contribution >= 4 is 22.4 Å². The summed E-state index contributed by atoms with van der Waals surface area (Å²) >= 11 is 1.28. The minimum Gasteiger partial charge on any atom is -0.435 e. The summed E-state index contributed by atoms with van der Waals surface area (Å²) in [6, 6.07) is 8.88. The van der Waals surface area contributed by atoms with Crippen LogP contribution in [-0.2, 0) is 7.05 Å². The summed E-state index contributed by atoms with van der Waals surface area (Å²) in [4.78, 5) is 29.2. The molecule has 0 unspecified atom stereocenters. The molecule has 0 saturated carbocycles. The van der Waals surface area contributed by atoms with E-state index in [4.69, 9.17) is 0 Å². The van der Waals surface area contributed by atoms with Crippen molar-refractivity contribution in [1.82, 2.24) is 9.55 Å². The average molecular weight is 391 g/mol. The first-order chi connectivity index (χ1) is 12.8. The van der Waals surface area contributed by atoms with E-state index in [2.05, 4.69) is 15.0 Å². The van der Waals surface area contributed by atoms with E-state index in [0.717, 1.165) is 4.88 Å². The minimum absolute atomic E-state index is 0.0563. The number of ether oxygens (including phenoxy) is 1. The van der Waals surface area contributed by atoms with E-state index in [1.165, 1.54) is 40.3 Å². The number of amides is 1. The largest absolute Gasteiger partial charge is 0.435 e. The average Bonchev–Trinajstić information content (AvgIpc) is 2.97. The molecule has 1 aromatic carbocycles. The summed E-state index contributed by atoms with van der Waals surface area (Å²) in [5, 5.41) is 3.05. The molecular formula is C18H15F2N3O3S. The molecule has 6 nitrogen and oxygen atoms in total. The van der Waals surface area contributed by atoms with Crippen LogP contribution in [0.1, 0.15) is 15.2 Å². The number of benzene rings is 1. The van der Waals surface area contributed by atoms with Crippen molar-refractivity contribution in [2.24, 2.45) is 7.05 Å². The van der Waals surface area contributed by atoms with E-state index in [1.54, 1.807) is 25.2 Å². The molecule has 0 radical (unpaired) electrons. The van der Waals surface area contributed by atoms with E-state index < -0.39 is 12.5 Å². The summed E-state index contributed by atoms with van der Waals surface area (Å²) in [7, 11) is 1.60. The first-order valence-corrected chi connectivity index (χ1v) is 8.66. The van der Waals surface area contributed by atoms with Gasteiger partial charge in [-0.05, 0) is 37.3 Å². The van der Waals surface area contributed by atoms with Crippen molar-refractivity contribution in [3.8, 4) is 17.0 Å². The Morgan fingerprint density at radius 3 is 2.59 bits per heavy atom. The molecule has 0 spiro atoms. The zero-order chi connectivity index (χ0) is 19.6. The highest BCUT2D eigenvalue weighted by Gasteiger charge is 2.14. The van der Waals surface area contributed by atoms with Crippen molar-refractivity contribution in [2.45, 2.75) is 13.5 Å². The van der Waals surface area contributed by atoms with Crippen molar-refractivity contribution in [2.75, 3.05) is 5.32 Å². The van der Waals surface area contributed by atoms with Crippen LogP contribution in [0.2, 0.25) is 0 Å². The maximum atomic E-state index is 12.3. The zero-order valence-electron chi connectivity index (χ0n) is 14.4. The van der Waals surface area contributed by atoms with Crippen molar-refractivity contribution < 1.29 is 18.3 Å². The summed E-state index contributed by atoms with van der Waals surface area (Å²) in [5.41, 5.74) is 1.29. The molecule has 27 heavy (non-hydrogen) atoms. The van der Waals surface area contributed by atoms with E-state index in [1.807, 2.05) is 6.92 Å². The van der Waals surface area contributed by atoms with E-state index in [9.17, 15) is 18.4 Å². The number of carbonyl (C=O) groups excluding carboxylic acids is 1. The second kappa shape index (κ2) is 7.67. The summed E-state index contributed by atoms with van der Waals surface area (Å²) < 4.78 is 30.1. The lowest BCUT2D eigenvalue weighted by Crippen LogP contribution is -2.19. The summed E-state index contributed by atoms with van der Waals surface area (Å²) in [6.45, 7) is -1.04. The van der Waals surface area contributed by atoms with Crippen molar-refractivity contribution in [3.05, 3.63) is 63.4 Å². The number of aryl methyl sites for hydroxylation is 2. The lowest BCUT2D eigenvalue weighted by atomic mass is 10.1. The number of halogens is 2. The van der Waals surface area contributed by atoms with Crippen LogP contribution in [0.4, 0.5) is 13.9 Å². The molecule has 1 N–H and O–H groups in total. The molecule has 9 heteroatoms. The van der Waals surface area contributed by atoms with E-state index in [-0.39, 0.29) is 16.9 Å². The molecule has 0 atom stereocenters. The number of thiazole rings is 1. The van der Waals surface area contributed by atoms with Gasteiger partial charge in [-0.2, -0.15) is 8.78 Å². The van der Waals surface area contributed by atoms with Gasteiger partial charge in [-0.3, -0.25) is 14.9 Å². The molecule has 3 aromatic rings. The Hall–Kier alpha value is -3.07. The molecule has 2 aromatic heterocycles. The Balaban J connectivity index is 1.78. The van der Waals surface area contributed by atoms with E-state index in [0.29, 0.717) is 16.4 Å². The Labute approximate surface area is 157 Å². The van der Waals surface area contributed by atoms with Gasteiger partial charge in [-0.25, -0.2) is 4.98 Å².